The number of nitrogens with one attached hydrogen (secondary N) is 1. The summed E-state index contributed by atoms with van der Waals surface area (Å²) in [4.78, 5) is 9.13. The van der Waals surface area contributed by atoms with E-state index in [2.05, 4.69) is 147 Å². The highest BCUT2D eigenvalue weighted by molar-refractivity contribution is 6.15. The molecule has 5 aromatic carbocycles. The fourth-order valence-electron chi connectivity index (χ4n) is 6.57. The molecule has 0 spiro atoms. The third-order valence-electron chi connectivity index (χ3n) is 9.06. The van der Waals surface area contributed by atoms with Crippen LogP contribution in [0.15, 0.2) is 169 Å². The number of dihydropyridines is 1. The van der Waals surface area contributed by atoms with Crippen LogP contribution in [-0.4, -0.2) is 17.2 Å². The van der Waals surface area contributed by atoms with Crippen molar-refractivity contribution >= 4 is 44.7 Å². The highest BCUT2D eigenvalue weighted by Crippen LogP contribution is 2.40. The summed E-state index contributed by atoms with van der Waals surface area (Å²) in [6.45, 7) is 16.2. The van der Waals surface area contributed by atoms with E-state index in [1.807, 2.05) is 51.3 Å². The Morgan fingerprint density at radius 2 is 1.41 bits per heavy atom. The molecule has 0 radical (unpaired) electrons. The van der Waals surface area contributed by atoms with Gasteiger partial charge in [-0.3, -0.25) is 9.98 Å². The zero-order valence-corrected chi connectivity index (χ0v) is 32.5. The van der Waals surface area contributed by atoms with Crippen molar-refractivity contribution in [1.82, 2.24) is 10.3 Å². The van der Waals surface area contributed by atoms with E-state index in [1.165, 1.54) is 28.1 Å². The first kappa shape index (κ1) is 39.0. The van der Waals surface area contributed by atoms with Gasteiger partial charge in [0.1, 0.15) is 0 Å². The van der Waals surface area contributed by atoms with Crippen molar-refractivity contribution < 1.29 is 0 Å². The van der Waals surface area contributed by atoms with E-state index in [1.54, 1.807) is 18.5 Å². The van der Waals surface area contributed by atoms with Gasteiger partial charge in [0.2, 0.25) is 0 Å². The van der Waals surface area contributed by atoms with Crippen LogP contribution < -0.4 is 11.1 Å². The third kappa shape index (κ3) is 8.85. The maximum Gasteiger partial charge on any atom is 0.0851 e. The number of rotatable bonds is 8. The molecule has 54 heavy (non-hydrogen) atoms. The van der Waals surface area contributed by atoms with E-state index < -0.39 is 0 Å². The highest BCUT2D eigenvalue weighted by atomic mass is 15.0. The second-order valence-electron chi connectivity index (χ2n) is 12.9. The van der Waals surface area contributed by atoms with Crippen molar-refractivity contribution in [1.29, 1.82) is 0 Å². The summed E-state index contributed by atoms with van der Waals surface area (Å²) in [5.74, 6) is 0. The lowest BCUT2D eigenvalue weighted by molar-refractivity contribution is 0.794. The number of aromatic nitrogens is 1. The Kier molecular flexibility index (Phi) is 13.7. The molecule has 0 saturated heterocycles. The topological polar surface area (TPSA) is 63.3 Å². The number of aliphatic imine (C=N–C) groups is 1. The summed E-state index contributed by atoms with van der Waals surface area (Å²) in [5, 5.41) is 8.36. The Labute approximate surface area is 321 Å². The number of nitrogens with zero attached hydrogens (tertiary/aromatic N) is 2. The molecule has 1 aliphatic heterocycles. The molecule has 7 rings (SSSR count). The van der Waals surface area contributed by atoms with E-state index in [4.69, 9.17) is 10.7 Å². The molecule has 4 nitrogen and oxygen atoms in total. The first-order valence-electron chi connectivity index (χ1n) is 19.0. The first-order valence-corrected chi connectivity index (χ1v) is 19.0. The van der Waals surface area contributed by atoms with Crippen LogP contribution in [0.25, 0.3) is 55.1 Å². The third-order valence-corrected chi connectivity index (χ3v) is 9.06. The Morgan fingerprint density at radius 1 is 0.778 bits per heavy atom. The molecule has 1 aromatic heterocycles. The Bertz CT molecular complexity index is 2370. The van der Waals surface area contributed by atoms with Crippen LogP contribution in [0.4, 0.5) is 5.69 Å². The van der Waals surface area contributed by atoms with Crippen molar-refractivity contribution in [3.8, 4) is 22.3 Å². The molecule has 0 amide bonds. The fourth-order valence-corrected chi connectivity index (χ4v) is 6.57. The predicted octanol–water partition coefficient (Wildman–Crippen LogP) is 13.2. The van der Waals surface area contributed by atoms with E-state index >= 15 is 0 Å². The number of allylic oxidation sites excluding steroid dienone is 6. The van der Waals surface area contributed by atoms with Gasteiger partial charge in [-0.15, -0.1) is 0 Å². The van der Waals surface area contributed by atoms with Gasteiger partial charge in [0.15, 0.2) is 0 Å². The summed E-state index contributed by atoms with van der Waals surface area (Å²) in [6, 6.07) is 36.7. The van der Waals surface area contributed by atoms with Gasteiger partial charge in [-0.25, -0.2) is 0 Å². The van der Waals surface area contributed by atoms with Gasteiger partial charge in [0, 0.05) is 41.0 Å². The summed E-state index contributed by atoms with van der Waals surface area (Å²) in [5.41, 5.74) is 18.3. The van der Waals surface area contributed by atoms with Crippen LogP contribution in [0.1, 0.15) is 57.7 Å². The number of aryl methyl sites for hydroxylation is 1. The van der Waals surface area contributed by atoms with Gasteiger partial charge in [0.25, 0.3) is 0 Å². The molecule has 0 saturated carbocycles. The lowest BCUT2D eigenvalue weighted by Gasteiger charge is -2.25. The van der Waals surface area contributed by atoms with Crippen LogP contribution in [-0.2, 0) is 0 Å². The second kappa shape index (κ2) is 19.0. The fraction of sp³-hybridized carbons (Fsp3) is 0.160. The quantitative estimate of drug-likeness (QED) is 0.0940. The molecule has 1 unspecified atom stereocenters. The highest BCUT2D eigenvalue weighted by Gasteiger charge is 2.19. The van der Waals surface area contributed by atoms with Gasteiger partial charge < -0.3 is 11.1 Å². The van der Waals surface area contributed by atoms with Crippen molar-refractivity contribution in [2.24, 2.45) is 10.7 Å². The molecular formula is C50H52N4. The van der Waals surface area contributed by atoms with Crippen LogP contribution in [0, 0.1) is 6.92 Å². The van der Waals surface area contributed by atoms with E-state index in [0.29, 0.717) is 0 Å². The SMILES string of the molecule is C=CC=Nc1c(C)c2ccccc2c2cc(-c3cccc(-c4cccc(C5=CC(/C(N)=C/C=C\C)NC(c6cccnc6)=C5)c4)c3)ccc12.CC.CCC. The van der Waals surface area contributed by atoms with Crippen molar-refractivity contribution in [2.45, 2.75) is 54.0 Å². The molecule has 1 atom stereocenters. The summed E-state index contributed by atoms with van der Waals surface area (Å²) >= 11 is 0. The average molecular weight is 709 g/mol. The number of fused-ring (bicyclic) bond motifs is 3. The lowest BCUT2D eigenvalue weighted by atomic mass is 9.91. The maximum absolute atomic E-state index is 6.56. The smallest absolute Gasteiger partial charge is 0.0851 e. The molecule has 1 aliphatic rings. The zero-order valence-electron chi connectivity index (χ0n) is 32.5. The molecule has 0 aliphatic carbocycles. The minimum atomic E-state index is -0.158. The molecule has 272 valence electrons. The Balaban J connectivity index is 0.00000107. The molecule has 2 heterocycles. The van der Waals surface area contributed by atoms with Crippen LogP contribution in [0.3, 0.4) is 0 Å². The monoisotopic (exact) mass is 708 g/mol. The number of nitrogens with two attached hydrogens (primary N) is 1. The molecule has 4 heteroatoms. The van der Waals surface area contributed by atoms with Crippen molar-refractivity contribution in [3.63, 3.8) is 0 Å². The minimum Gasteiger partial charge on any atom is -0.400 e. The molecule has 6 aromatic rings. The predicted molar refractivity (Wildman–Crippen MR) is 237 cm³/mol. The summed E-state index contributed by atoms with van der Waals surface area (Å²) < 4.78 is 0. The van der Waals surface area contributed by atoms with Gasteiger partial charge in [-0.2, -0.15) is 0 Å². The standard InChI is InChI=1S/C45H38N4.C3H8.C2H6/c1-4-6-19-42(46)44-28-37(27-43(49-44)36-16-11-23-47-29-36)34-15-10-13-32(25-34)31-12-9-14-33(24-31)35-20-21-40-41(26-35)39-18-8-7-17-38(39)30(3)45(40)48-22-5-2;1-3-2;1-2/h4-29,44,49H,2,46H2,1,3H3;3H2,1-2H3;1-2H3/b6-4-,42-19-,48-22?;;. The van der Waals surface area contributed by atoms with Crippen LogP contribution >= 0.6 is 0 Å². The Hall–Kier alpha value is -6.26. The normalized spacial score (nSPS) is 14.1. The van der Waals surface area contributed by atoms with Gasteiger partial charge in [-0.05, 0) is 118 Å². The van der Waals surface area contributed by atoms with Gasteiger partial charge >= 0.3 is 0 Å². The maximum atomic E-state index is 6.56. The molecule has 0 bridgehead atoms. The number of benzene rings is 5. The van der Waals surface area contributed by atoms with E-state index in [9.17, 15) is 0 Å². The van der Waals surface area contributed by atoms with Crippen molar-refractivity contribution in [2.75, 3.05) is 0 Å². The second-order valence-corrected chi connectivity index (χ2v) is 12.9. The molecule has 3 N–H and O–H groups in total. The van der Waals surface area contributed by atoms with E-state index in [-0.39, 0.29) is 6.04 Å². The van der Waals surface area contributed by atoms with Crippen LogP contribution in [0.2, 0.25) is 0 Å². The molecule has 0 fully saturated rings. The first-order chi connectivity index (χ1) is 26.4. The largest absolute Gasteiger partial charge is 0.400 e. The zero-order chi connectivity index (χ0) is 38.5. The van der Waals surface area contributed by atoms with Crippen molar-refractivity contribution in [3.05, 3.63) is 181 Å². The summed E-state index contributed by atoms with van der Waals surface area (Å²) in [6.07, 6.45) is 18.7. The minimum absolute atomic E-state index is 0.158. The number of pyridine rings is 1. The van der Waals surface area contributed by atoms with Crippen LogP contribution in [0.5, 0.6) is 0 Å². The van der Waals surface area contributed by atoms with E-state index in [0.717, 1.165) is 61.4 Å². The number of hydrogen-bond donors (Lipinski definition) is 2. The van der Waals surface area contributed by atoms with Gasteiger partial charge in [0.05, 0.1) is 11.7 Å². The lowest BCUT2D eigenvalue weighted by Crippen LogP contribution is -2.33. The summed E-state index contributed by atoms with van der Waals surface area (Å²) in [7, 11) is 0. The number of hydrogen-bond acceptors (Lipinski definition) is 4. The average Bonchev–Trinajstić information content (AvgIpc) is 3.24. The van der Waals surface area contributed by atoms with Gasteiger partial charge in [-0.1, -0.05) is 132 Å². The Morgan fingerprint density at radius 3 is 2.06 bits per heavy atom. The molecular weight excluding hydrogens is 657 g/mol.